The molecular weight excluding hydrogens is 313 g/mol. The van der Waals surface area contributed by atoms with E-state index in [1.54, 1.807) is 12.1 Å². The van der Waals surface area contributed by atoms with Gasteiger partial charge in [0.1, 0.15) is 11.4 Å². The van der Waals surface area contributed by atoms with Gasteiger partial charge in [0.15, 0.2) is 6.29 Å². The smallest absolute Gasteiger partial charge is 0.296 e. The van der Waals surface area contributed by atoms with E-state index >= 15 is 0 Å². The third kappa shape index (κ3) is 2.45. The number of hydrogen-bond donors (Lipinski definition) is 0. The Morgan fingerprint density at radius 1 is 1.22 bits per heavy atom. The van der Waals surface area contributed by atoms with E-state index < -0.39 is 11.9 Å². The van der Waals surface area contributed by atoms with E-state index in [1.807, 2.05) is 0 Å². The lowest BCUT2D eigenvalue weighted by Crippen LogP contribution is -2.13. The molecule has 18 heavy (non-hydrogen) atoms. The van der Waals surface area contributed by atoms with Crippen LogP contribution in [0.3, 0.4) is 0 Å². The van der Waals surface area contributed by atoms with Gasteiger partial charge in [0.25, 0.3) is 0 Å². The van der Waals surface area contributed by atoms with E-state index in [4.69, 9.17) is 0 Å². The highest BCUT2D eigenvalue weighted by molar-refractivity contribution is 9.10. The maximum atomic E-state index is 12.8. The summed E-state index contributed by atoms with van der Waals surface area (Å²) >= 11 is 3.19. The molecule has 0 aliphatic heterocycles. The zero-order valence-electron chi connectivity index (χ0n) is 8.78. The van der Waals surface area contributed by atoms with Crippen molar-refractivity contribution in [3.63, 3.8) is 0 Å². The molecule has 2 rings (SSSR count). The first-order valence-electron chi connectivity index (χ1n) is 4.80. The first kappa shape index (κ1) is 12.8. The molecule has 0 saturated heterocycles. The quantitative estimate of drug-likeness (QED) is 0.795. The van der Waals surface area contributed by atoms with E-state index in [0.717, 1.165) is 10.5 Å². The molecule has 0 aliphatic rings. The minimum absolute atomic E-state index is 0.235. The molecule has 94 valence electrons. The Bertz CT molecular complexity index is 575. The molecule has 0 saturated carbocycles. The third-order valence-corrected chi connectivity index (χ3v) is 2.74. The molecule has 0 aliphatic carbocycles. The molecule has 0 fully saturated rings. The van der Waals surface area contributed by atoms with Crippen LogP contribution in [0.4, 0.5) is 13.2 Å². The predicted molar refractivity (Wildman–Crippen MR) is 61.7 cm³/mol. The first-order valence-corrected chi connectivity index (χ1v) is 5.59. The second-order valence-electron chi connectivity index (χ2n) is 3.46. The fraction of sp³-hybridized carbons (Fsp3) is 0.0909. The van der Waals surface area contributed by atoms with Crippen LogP contribution < -0.4 is 0 Å². The molecular formula is C11H6BrF3N2O. The Morgan fingerprint density at radius 3 is 2.33 bits per heavy atom. The number of alkyl halides is 3. The lowest BCUT2D eigenvalue weighted by atomic mass is 10.3. The van der Waals surface area contributed by atoms with E-state index in [-0.39, 0.29) is 17.7 Å². The van der Waals surface area contributed by atoms with Crippen LogP contribution in [0.25, 0.3) is 5.69 Å². The van der Waals surface area contributed by atoms with Crippen LogP contribution in [-0.2, 0) is 6.18 Å². The highest BCUT2D eigenvalue weighted by Crippen LogP contribution is 2.31. The molecule has 3 nitrogen and oxygen atoms in total. The normalized spacial score (nSPS) is 11.6. The number of benzene rings is 1. The zero-order chi connectivity index (χ0) is 13.3. The van der Waals surface area contributed by atoms with Crippen LogP contribution in [0.2, 0.25) is 0 Å². The van der Waals surface area contributed by atoms with Gasteiger partial charge < -0.3 is 0 Å². The monoisotopic (exact) mass is 318 g/mol. The third-order valence-electron chi connectivity index (χ3n) is 2.21. The molecule has 1 aromatic carbocycles. The molecule has 7 heteroatoms. The van der Waals surface area contributed by atoms with E-state index in [9.17, 15) is 18.0 Å². The van der Waals surface area contributed by atoms with Gasteiger partial charge in [-0.1, -0.05) is 15.9 Å². The van der Waals surface area contributed by atoms with Gasteiger partial charge in [-0.2, -0.15) is 18.3 Å². The minimum Gasteiger partial charge on any atom is -0.296 e. The Labute approximate surface area is 108 Å². The van der Waals surface area contributed by atoms with Gasteiger partial charge in [0.2, 0.25) is 0 Å². The molecule has 1 heterocycles. The maximum Gasteiger partial charge on any atom is 0.433 e. The highest BCUT2D eigenvalue weighted by Gasteiger charge is 2.36. The van der Waals surface area contributed by atoms with Crippen molar-refractivity contribution in [2.24, 2.45) is 0 Å². The summed E-state index contributed by atoms with van der Waals surface area (Å²) in [5, 5.41) is 3.61. The number of halogens is 4. The standard InChI is InChI=1S/C11H6BrF3N2O/c12-7-1-3-9(4-2-7)17-10(11(13,14)15)5-8(6-18)16-17/h1-6H. The Hall–Kier alpha value is -1.63. The second-order valence-corrected chi connectivity index (χ2v) is 4.37. The molecule has 2 aromatic rings. The molecule has 0 spiro atoms. The number of carbonyl (C=O) groups is 1. The van der Waals surface area contributed by atoms with E-state index in [2.05, 4.69) is 21.0 Å². The molecule has 0 atom stereocenters. The zero-order valence-corrected chi connectivity index (χ0v) is 10.4. The second kappa shape index (κ2) is 4.56. The number of aromatic nitrogens is 2. The fourth-order valence-electron chi connectivity index (χ4n) is 1.44. The summed E-state index contributed by atoms with van der Waals surface area (Å²) < 4.78 is 39.8. The lowest BCUT2D eigenvalue weighted by molar-refractivity contribution is -0.142. The van der Waals surface area contributed by atoms with Gasteiger partial charge in [-0.05, 0) is 30.3 Å². The lowest BCUT2D eigenvalue weighted by Gasteiger charge is -2.09. The maximum absolute atomic E-state index is 12.8. The Kier molecular flexibility index (Phi) is 3.25. The number of carbonyl (C=O) groups excluding carboxylic acids is 1. The summed E-state index contributed by atoms with van der Waals surface area (Å²) in [6.07, 6.45) is -4.29. The van der Waals surface area contributed by atoms with Crippen molar-refractivity contribution in [2.75, 3.05) is 0 Å². The first-order chi connectivity index (χ1) is 8.41. The predicted octanol–water partition coefficient (Wildman–Crippen LogP) is 3.47. The number of nitrogens with zero attached hydrogens (tertiary/aromatic N) is 2. The number of hydrogen-bond acceptors (Lipinski definition) is 2. The van der Waals surface area contributed by atoms with Gasteiger partial charge in [-0.15, -0.1) is 0 Å². The van der Waals surface area contributed by atoms with Crippen molar-refractivity contribution in [3.05, 3.63) is 46.2 Å². The number of rotatable bonds is 2. The van der Waals surface area contributed by atoms with Gasteiger partial charge in [0, 0.05) is 4.47 Å². The molecule has 0 bridgehead atoms. The van der Waals surface area contributed by atoms with Crippen LogP contribution in [0.1, 0.15) is 16.2 Å². The van der Waals surface area contributed by atoms with Crippen LogP contribution in [0.5, 0.6) is 0 Å². The summed E-state index contributed by atoms with van der Waals surface area (Å²) in [5.41, 5.74) is -1.00. The number of aldehydes is 1. The van der Waals surface area contributed by atoms with Crippen LogP contribution in [0, 0.1) is 0 Å². The van der Waals surface area contributed by atoms with Crippen molar-refractivity contribution < 1.29 is 18.0 Å². The fourth-order valence-corrected chi connectivity index (χ4v) is 1.70. The van der Waals surface area contributed by atoms with E-state index in [1.165, 1.54) is 12.1 Å². The molecule has 0 unspecified atom stereocenters. The van der Waals surface area contributed by atoms with Gasteiger partial charge in [-0.25, -0.2) is 4.68 Å². The van der Waals surface area contributed by atoms with Crippen LogP contribution in [0.15, 0.2) is 34.8 Å². The Balaban J connectivity index is 2.59. The van der Waals surface area contributed by atoms with Crippen molar-refractivity contribution >= 4 is 22.2 Å². The Morgan fingerprint density at radius 2 is 1.83 bits per heavy atom. The molecule has 0 radical (unpaired) electrons. The van der Waals surface area contributed by atoms with Crippen molar-refractivity contribution in [1.29, 1.82) is 0 Å². The van der Waals surface area contributed by atoms with Crippen molar-refractivity contribution in [1.82, 2.24) is 9.78 Å². The van der Waals surface area contributed by atoms with E-state index in [0.29, 0.717) is 4.68 Å². The largest absolute Gasteiger partial charge is 0.433 e. The molecule has 0 amide bonds. The van der Waals surface area contributed by atoms with Gasteiger partial charge >= 0.3 is 6.18 Å². The summed E-state index contributed by atoms with van der Waals surface area (Å²) in [6, 6.07) is 6.85. The summed E-state index contributed by atoms with van der Waals surface area (Å²) in [7, 11) is 0. The average Bonchev–Trinajstić information content (AvgIpc) is 2.74. The van der Waals surface area contributed by atoms with Crippen LogP contribution in [-0.4, -0.2) is 16.1 Å². The summed E-state index contributed by atoms with van der Waals surface area (Å²) in [6.45, 7) is 0. The highest BCUT2D eigenvalue weighted by atomic mass is 79.9. The van der Waals surface area contributed by atoms with Gasteiger partial charge in [0.05, 0.1) is 5.69 Å². The van der Waals surface area contributed by atoms with Crippen LogP contribution >= 0.6 is 15.9 Å². The average molecular weight is 319 g/mol. The van der Waals surface area contributed by atoms with Gasteiger partial charge in [-0.3, -0.25) is 4.79 Å². The summed E-state index contributed by atoms with van der Waals surface area (Å²) in [5.74, 6) is 0. The molecule has 0 N–H and O–H groups in total. The SMILES string of the molecule is O=Cc1cc(C(F)(F)F)n(-c2ccc(Br)cc2)n1. The topological polar surface area (TPSA) is 34.9 Å². The minimum atomic E-state index is -4.57. The summed E-state index contributed by atoms with van der Waals surface area (Å²) in [4.78, 5) is 10.5. The van der Waals surface area contributed by atoms with Crippen molar-refractivity contribution in [3.8, 4) is 5.69 Å². The molecule has 1 aromatic heterocycles. The van der Waals surface area contributed by atoms with Crippen molar-refractivity contribution in [2.45, 2.75) is 6.18 Å².